The van der Waals surface area contributed by atoms with Gasteiger partial charge in [-0.1, -0.05) is 49.1 Å². The van der Waals surface area contributed by atoms with Crippen molar-refractivity contribution in [1.29, 1.82) is 0 Å². The molecule has 3 rings (SSSR count). The van der Waals surface area contributed by atoms with Crippen molar-refractivity contribution in [2.75, 3.05) is 11.9 Å². The highest BCUT2D eigenvalue weighted by Crippen LogP contribution is 2.41. The van der Waals surface area contributed by atoms with Gasteiger partial charge in [0.1, 0.15) is 0 Å². The van der Waals surface area contributed by atoms with Crippen molar-refractivity contribution < 1.29 is 0 Å². The predicted molar refractivity (Wildman–Crippen MR) is 99.3 cm³/mol. The molecule has 120 valence electrons. The number of fused-ring (bicyclic) bond motifs is 3. The van der Waals surface area contributed by atoms with Gasteiger partial charge in [0.05, 0.1) is 8.07 Å². The molecule has 1 aromatic carbocycles. The molecule has 0 amide bonds. The van der Waals surface area contributed by atoms with E-state index in [0.717, 1.165) is 6.54 Å². The average Bonchev–Trinajstić information content (AvgIpc) is 2.86. The number of nitrogens with one attached hydrogen (secondary N) is 2. The van der Waals surface area contributed by atoms with E-state index in [2.05, 4.69) is 67.5 Å². The van der Waals surface area contributed by atoms with Crippen molar-refractivity contribution in [1.82, 2.24) is 5.32 Å². The highest BCUT2D eigenvalue weighted by atomic mass is 28.3. The third-order valence-corrected chi connectivity index (χ3v) is 7.91. The summed E-state index contributed by atoms with van der Waals surface area (Å²) in [4.78, 5) is 0. The minimum absolute atomic E-state index is 0.575. The Hall–Kier alpha value is -1.06. The summed E-state index contributed by atoms with van der Waals surface area (Å²) >= 11 is 0. The molecule has 1 saturated heterocycles. The van der Waals surface area contributed by atoms with Crippen LogP contribution in [0.1, 0.15) is 37.7 Å². The van der Waals surface area contributed by atoms with Crippen LogP contribution in [-0.2, 0) is 0 Å². The molecule has 2 N–H and O–H groups in total. The highest BCUT2D eigenvalue weighted by Gasteiger charge is 2.39. The van der Waals surface area contributed by atoms with Crippen molar-refractivity contribution in [3.8, 4) is 0 Å². The second kappa shape index (κ2) is 6.21. The van der Waals surface area contributed by atoms with E-state index in [1.807, 2.05) is 0 Å². The van der Waals surface area contributed by atoms with Crippen LogP contribution in [0.25, 0.3) is 0 Å². The lowest BCUT2D eigenvalue weighted by molar-refractivity contribution is 0.328. The second-order valence-corrected chi connectivity index (χ2v) is 13.0. The van der Waals surface area contributed by atoms with E-state index in [9.17, 15) is 0 Å². The lowest BCUT2D eigenvalue weighted by Crippen LogP contribution is -2.50. The number of hydrogen-bond donors (Lipinski definition) is 2. The minimum atomic E-state index is -1.16. The number of hydrogen-bond acceptors (Lipinski definition) is 2. The van der Waals surface area contributed by atoms with Crippen LogP contribution in [0.5, 0.6) is 0 Å². The number of para-hydroxylation sites is 1. The quantitative estimate of drug-likeness (QED) is 0.798. The van der Waals surface area contributed by atoms with Gasteiger partial charge < -0.3 is 10.6 Å². The van der Waals surface area contributed by atoms with Crippen molar-refractivity contribution >= 4 is 13.8 Å². The molecular formula is C19H30N2Si. The summed E-state index contributed by atoms with van der Waals surface area (Å²) in [6.45, 7) is 10.8. The zero-order valence-electron chi connectivity index (χ0n) is 14.4. The van der Waals surface area contributed by atoms with E-state index in [0.29, 0.717) is 18.0 Å². The molecule has 0 saturated carbocycles. The molecule has 0 radical (unpaired) electrons. The first-order valence-electron chi connectivity index (χ1n) is 8.75. The van der Waals surface area contributed by atoms with Gasteiger partial charge in [-0.15, -0.1) is 0 Å². The van der Waals surface area contributed by atoms with E-state index in [4.69, 9.17) is 0 Å². The maximum absolute atomic E-state index is 3.80. The molecule has 2 aliphatic rings. The Morgan fingerprint density at radius 3 is 2.77 bits per heavy atom. The zero-order valence-corrected chi connectivity index (χ0v) is 15.4. The summed E-state index contributed by atoms with van der Waals surface area (Å²) < 4.78 is 0. The van der Waals surface area contributed by atoms with Gasteiger partial charge in [-0.25, -0.2) is 0 Å². The van der Waals surface area contributed by atoms with Crippen LogP contribution in [0.15, 0.2) is 35.5 Å². The summed E-state index contributed by atoms with van der Waals surface area (Å²) in [7, 11) is -1.16. The molecule has 0 aromatic heterocycles. The number of anilines is 1. The Labute approximate surface area is 136 Å². The Kier molecular flexibility index (Phi) is 4.46. The van der Waals surface area contributed by atoms with Crippen LogP contribution >= 0.6 is 0 Å². The maximum atomic E-state index is 3.80. The Morgan fingerprint density at radius 1 is 1.27 bits per heavy atom. The van der Waals surface area contributed by atoms with Gasteiger partial charge in [0.25, 0.3) is 0 Å². The summed E-state index contributed by atoms with van der Waals surface area (Å²) in [5, 5.41) is 9.29. The highest BCUT2D eigenvalue weighted by molar-refractivity contribution is 6.83. The van der Waals surface area contributed by atoms with Crippen LogP contribution in [0.3, 0.4) is 0 Å². The summed E-state index contributed by atoms with van der Waals surface area (Å²) in [6, 6.07) is 10.1. The van der Waals surface area contributed by atoms with E-state index in [1.54, 1.807) is 5.20 Å². The summed E-state index contributed by atoms with van der Waals surface area (Å²) in [6.07, 6.45) is 6.15. The van der Waals surface area contributed by atoms with Crippen LogP contribution in [0.4, 0.5) is 5.69 Å². The van der Waals surface area contributed by atoms with Crippen LogP contribution in [-0.4, -0.2) is 26.7 Å². The molecule has 0 unspecified atom stereocenters. The standard InChI is InChI=1S/C19H30N2Si/c1-5-14(22(2,3)4)10-11-18-19-16(12-13-20-18)15-8-6-7-9-17(15)21-19/h5-9,16,18-21H,10-13H2,1-4H3/b14-5-/t16-,18+,19+/m1/s1. The summed E-state index contributed by atoms with van der Waals surface area (Å²) in [5.41, 5.74) is 2.90. The van der Waals surface area contributed by atoms with Crippen molar-refractivity contribution in [2.24, 2.45) is 0 Å². The van der Waals surface area contributed by atoms with E-state index >= 15 is 0 Å². The van der Waals surface area contributed by atoms with Crippen LogP contribution in [0, 0.1) is 0 Å². The Bertz CT molecular complexity index is 559. The monoisotopic (exact) mass is 314 g/mol. The van der Waals surface area contributed by atoms with E-state index < -0.39 is 8.07 Å². The van der Waals surface area contributed by atoms with Gasteiger partial charge in [0.2, 0.25) is 0 Å². The molecule has 22 heavy (non-hydrogen) atoms. The number of rotatable bonds is 4. The molecule has 2 heterocycles. The van der Waals surface area contributed by atoms with Crippen molar-refractivity contribution in [3.63, 3.8) is 0 Å². The fourth-order valence-corrected chi connectivity index (χ4v) is 6.00. The summed E-state index contributed by atoms with van der Waals surface area (Å²) in [5.74, 6) is 0.698. The first-order valence-corrected chi connectivity index (χ1v) is 12.2. The molecule has 0 aliphatic carbocycles. The normalized spacial score (nSPS) is 28.0. The lowest BCUT2D eigenvalue weighted by Gasteiger charge is -2.36. The van der Waals surface area contributed by atoms with Crippen molar-refractivity contribution in [2.45, 2.75) is 63.8 Å². The van der Waals surface area contributed by atoms with E-state index in [-0.39, 0.29) is 0 Å². The van der Waals surface area contributed by atoms with Crippen molar-refractivity contribution in [3.05, 3.63) is 41.1 Å². The van der Waals surface area contributed by atoms with Gasteiger partial charge in [-0.05, 0) is 44.4 Å². The molecule has 3 heteroatoms. The number of piperidine rings is 1. The zero-order chi connectivity index (χ0) is 15.7. The smallest absolute Gasteiger partial charge is 0.0720 e. The molecule has 1 aromatic rings. The molecule has 0 bridgehead atoms. The minimum Gasteiger partial charge on any atom is -0.380 e. The SMILES string of the molecule is C/C=C(/CC[C@@H]1NCC[C@@H]2c3ccccc3N[C@H]12)[Si](C)(C)C. The first-order chi connectivity index (χ1) is 10.5. The largest absolute Gasteiger partial charge is 0.380 e. The number of benzene rings is 1. The lowest BCUT2D eigenvalue weighted by atomic mass is 9.83. The molecule has 2 nitrogen and oxygen atoms in total. The third kappa shape index (κ3) is 3.02. The molecule has 3 atom stereocenters. The van der Waals surface area contributed by atoms with Gasteiger partial charge >= 0.3 is 0 Å². The molecule has 1 fully saturated rings. The second-order valence-electron chi connectivity index (χ2n) is 7.82. The fourth-order valence-electron chi connectivity index (χ4n) is 4.24. The first kappa shape index (κ1) is 15.8. The molecule has 0 spiro atoms. The van der Waals surface area contributed by atoms with Gasteiger partial charge in [-0.2, -0.15) is 0 Å². The topological polar surface area (TPSA) is 24.1 Å². The third-order valence-electron chi connectivity index (χ3n) is 5.45. The van der Waals surface area contributed by atoms with Gasteiger partial charge in [0.15, 0.2) is 0 Å². The fraction of sp³-hybridized carbons (Fsp3) is 0.579. The Morgan fingerprint density at radius 2 is 2.05 bits per heavy atom. The Balaban J connectivity index is 1.69. The number of allylic oxidation sites excluding steroid dienone is 2. The molecule has 2 aliphatic heterocycles. The van der Waals surface area contributed by atoms with Crippen LogP contribution in [0.2, 0.25) is 19.6 Å². The molecular weight excluding hydrogens is 284 g/mol. The van der Waals surface area contributed by atoms with Crippen LogP contribution < -0.4 is 10.6 Å². The van der Waals surface area contributed by atoms with Gasteiger partial charge in [-0.3, -0.25) is 0 Å². The van der Waals surface area contributed by atoms with E-state index in [1.165, 1.54) is 30.5 Å². The maximum Gasteiger partial charge on any atom is 0.0720 e. The van der Waals surface area contributed by atoms with Gasteiger partial charge in [0, 0.05) is 23.7 Å². The predicted octanol–water partition coefficient (Wildman–Crippen LogP) is 4.53. The average molecular weight is 315 g/mol.